The number of carbonyl (C=O) groups is 1. The molecule has 0 unspecified atom stereocenters. The average molecular weight is 190 g/mol. The van der Waals surface area contributed by atoms with Gasteiger partial charge >= 0.3 is 0 Å². The van der Waals surface area contributed by atoms with Gasteiger partial charge in [-0.2, -0.15) is 0 Å². The molecule has 2 N–H and O–H groups in total. The maximum atomic E-state index is 11.1. The van der Waals surface area contributed by atoms with E-state index in [-0.39, 0.29) is 17.0 Å². The highest BCUT2D eigenvalue weighted by atomic mass is 16.3. The lowest BCUT2D eigenvalue weighted by Crippen LogP contribution is -2.14. The van der Waals surface area contributed by atoms with Crippen molar-refractivity contribution in [3.8, 4) is 5.75 Å². The van der Waals surface area contributed by atoms with Gasteiger partial charge in [0, 0.05) is 0 Å². The largest absolute Gasteiger partial charge is 0.506 e. The molecular weight excluding hydrogens is 182 g/mol. The van der Waals surface area contributed by atoms with Gasteiger partial charge in [0.15, 0.2) is 0 Å². The number of hydrogen-bond acceptors (Lipinski definition) is 3. The van der Waals surface area contributed by atoms with Crippen LogP contribution in [0.3, 0.4) is 0 Å². The zero-order valence-electron chi connectivity index (χ0n) is 7.28. The smallest absolute Gasteiger partial charge is 0.259 e. The van der Waals surface area contributed by atoms with Crippen LogP contribution in [0.1, 0.15) is 0 Å². The molecule has 1 rings (SSSR count). The molecule has 1 aromatic rings. The van der Waals surface area contributed by atoms with E-state index in [0.29, 0.717) is 0 Å². The van der Waals surface area contributed by atoms with Crippen molar-refractivity contribution in [3.05, 3.63) is 36.4 Å². The third-order valence-electron chi connectivity index (χ3n) is 1.55. The monoisotopic (exact) mass is 190 g/mol. The Labute approximate surface area is 80.9 Å². The fraction of sp³-hybridized carbons (Fsp3) is 0. The van der Waals surface area contributed by atoms with Crippen LogP contribution in [0, 0.1) is 0 Å². The van der Waals surface area contributed by atoms with E-state index in [9.17, 15) is 14.7 Å². The number of rotatable bonds is 3. The number of hydrogen-bond donors (Lipinski definition) is 2. The van der Waals surface area contributed by atoms with Gasteiger partial charge in [-0.15, -0.1) is 0 Å². The molecule has 1 aromatic carbocycles. The number of phenols is 1. The molecule has 0 spiro atoms. The number of phenolic OH excluding ortho intramolecular Hbond substituents is 1. The Morgan fingerprint density at radius 2 is 2.07 bits per heavy atom. The third-order valence-corrected chi connectivity index (χ3v) is 1.55. The molecule has 1 radical (unpaired) electrons. The van der Waals surface area contributed by atoms with Crippen molar-refractivity contribution in [2.75, 3.05) is 5.32 Å². The zero-order valence-corrected chi connectivity index (χ0v) is 7.28. The van der Waals surface area contributed by atoms with Crippen LogP contribution in [0.4, 0.5) is 5.69 Å². The number of aromatic hydroxyl groups is 1. The van der Waals surface area contributed by atoms with Crippen molar-refractivity contribution in [1.82, 2.24) is 0 Å². The van der Waals surface area contributed by atoms with Crippen molar-refractivity contribution in [3.63, 3.8) is 0 Å². The Morgan fingerprint density at radius 1 is 1.43 bits per heavy atom. The lowest BCUT2D eigenvalue weighted by atomic mass is 10.2. The van der Waals surface area contributed by atoms with Gasteiger partial charge in [-0.25, -0.2) is 0 Å². The minimum atomic E-state index is -0.679. The Hall–Kier alpha value is -2.10. The van der Waals surface area contributed by atoms with Crippen LogP contribution in [-0.4, -0.2) is 17.3 Å². The summed E-state index contributed by atoms with van der Waals surface area (Å²) in [5, 5.41) is 11.6. The second-order valence-electron chi connectivity index (χ2n) is 2.55. The average Bonchev–Trinajstić information content (AvgIpc) is 2.20. The maximum absolute atomic E-state index is 11.1. The number of carbonyl (C=O) groups excluding carboxylic acids is 2. The third kappa shape index (κ3) is 2.20. The molecule has 0 aliphatic heterocycles. The first-order valence-electron chi connectivity index (χ1n) is 3.81. The summed E-state index contributed by atoms with van der Waals surface area (Å²) >= 11 is 0. The first kappa shape index (κ1) is 9.98. The molecule has 0 aliphatic rings. The molecule has 4 heteroatoms. The van der Waals surface area contributed by atoms with Gasteiger partial charge in [0.05, 0.1) is 11.3 Å². The summed E-state index contributed by atoms with van der Waals surface area (Å²) in [7, 11) is 0. The summed E-state index contributed by atoms with van der Waals surface area (Å²) in [5.74, 6) is -0.749. The van der Waals surface area contributed by atoms with Crippen LogP contribution in [0.2, 0.25) is 0 Å². The first-order chi connectivity index (χ1) is 6.65. The summed E-state index contributed by atoms with van der Waals surface area (Å²) < 4.78 is 0. The van der Waals surface area contributed by atoms with Gasteiger partial charge < -0.3 is 10.4 Å². The standard InChI is InChI=1S/C10H8NO3/c1-7(6-12)10(14)11-8-4-2-3-5-9(8)13/h2-5,13H,1H2,(H,11,14). The maximum Gasteiger partial charge on any atom is 0.259 e. The van der Waals surface area contributed by atoms with Crippen molar-refractivity contribution in [2.45, 2.75) is 0 Å². The Morgan fingerprint density at radius 3 is 2.64 bits per heavy atom. The second-order valence-corrected chi connectivity index (χ2v) is 2.55. The highest BCUT2D eigenvalue weighted by Crippen LogP contribution is 2.21. The Bertz CT molecular complexity index is 385. The van der Waals surface area contributed by atoms with Gasteiger partial charge in [0.25, 0.3) is 5.91 Å². The minimum Gasteiger partial charge on any atom is -0.506 e. The fourth-order valence-electron chi connectivity index (χ4n) is 0.823. The molecule has 0 saturated carbocycles. The summed E-state index contributed by atoms with van der Waals surface area (Å²) in [6.45, 7) is 3.18. The molecule has 0 fully saturated rings. The summed E-state index contributed by atoms with van der Waals surface area (Å²) in [5.41, 5.74) is -0.0813. The van der Waals surface area contributed by atoms with Crippen molar-refractivity contribution >= 4 is 17.9 Å². The predicted molar refractivity (Wildman–Crippen MR) is 51.6 cm³/mol. The van der Waals surface area contributed by atoms with Crippen LogP contribution in [0.5, 0.6) is 5.75 Å². The topological polar surface area (TPSA) is 66.4 Å². The summed E-state index contributed by atoms with van der Waals surface area (Å²) in [4.78, 5) is 21.2. The van der Waals surface area contributed by atoms with E-state index >= 15 is 0 Å². The Kier molecular flexibility index (Phi) is 3.01. The van der Waals surface area contributed by atoms with E-state index in [1.807, 2.05) is 0 Å². The van der Waals surface area contributed by atoms with Gasteiger partial charge in [0.2, 0.25) is 6.29 Å². The second kappa shape index (κ2) is 4.23. The normalized spacial score (nSPS) is 9.14. The van der Waals surface area contributed by atoms with E-state index in [1.165, 1.54) is 18.4 Å². The summed E-state index contributed by atoms with van der Waals surface area (Å²) in [6.07, 6.45) is 1.37. The predicted octanol–water partition coefficient (Wildman–Crippen LogP) is 0.997. The molecule has 14 heavy (non-hydrogen) atoms. The van der Waals surface area contributed by atoms with Gasteiger partial charge in [0.1, 0.15) is 5.75 Å². The number of nitrogens with one attached hydrogen (secondary N) is 1. The van der Waals surface area contributed by atoms with Crippen LogP contribution in [0.15, 0.2) is 36.4 Å². The molecule has 0 heterocycles. The number of para-hydroxylation sites is 2. The molecule has 0 aromatic heterocycles. The van der Waals surface area contributed by atoms with E-state index in [0.717, 1.165) is 0 Å². The highest BCUT2D eigenvalue weighted by Gasteiger charge is 2.08. The van der Waals surface area contributed by atoms with Crippen molar-refractivity contribution in [1.29, 1.82) is 0 Å². The highest BCUT2D eigenvalue weighted by molar-refractivity contribution is 6.16. The quantitative estimate of drug-likeness (QED) is 0.323. The number of anilines is 1. The molecule has 0 saturated heterocycles. The van der Waals surface area contributed by atoms with Gasteiger partial charge in [-0.1, -0.05) is 18.7 Å². The Balaban J connectivity index is 2.79. The molecule has 0 aliphatic carbocycles. The van der Waals surface area contributed by atoms with Crippen LogP contribution in [0.25, 0.3) is 0 Å². The molecule has 0 atom stereocenters. The SMILES string of the molecule is C=C([C]=O)C(=O)Nc1ccccc1O. The molecular formula is C10H8NO3. The fourth-order valence-corrected chi connectivity index (χ4v) is 0.823. The van der Waals surface area contributed by atoms with Crippen LogP contribution in [-0.2, 0) is 9.59 Å². The number of benzene rings is 1. The zero-order chi connectivity index (χ0) is 10.6. The summed E-state index contributed by atoms with van der Waals surface area (Å²) in [6, 6.07) is 6.18. The van der Waals surface area contributed by atoms with E-state index in [2.05, 4.69) is 11.9 Å². The molecule has 1 amide bonds. The van der Waals surface area contributed by atoms with Gasteiger partial charge in [-0.3, -0.25) is 9.59 Å². The van der Waals surface area contributed by atoms with E-state index < -0.39 is 5.91 Å². The van der Waals surface area contributed by atoms with E-state index in [4.69, 9.17) is 0 Å². The van der Waals surface area contributed by atoms with Crippen molar-refractivity contribution in [2.24, 2.45) is 0 Å². The van der Waals surface area contributed by atoms with E-state index in [1.54, 1.807) is 12.1 Å². The van der Waals surface area contributed by atoms with Gasteiger partial charge in [-0.05, 0) is 12.1 Å². The molecule has 0 bridgehead atoms. The molecule has 71 valence electrons. The van der Waals surface area contributed by atoms with Crippen LogP contribution < -0.4 is 5.32 Å². The minimum absolute atomic E-state index is 0.0699. The van der Waals surface area contributed by atoms with Crippen molar-refractivity contribution < 1.29 is 14.7 Å². The number of amides is 1. The lowest BCUT2D eigenvalue weighted by molar-refractivity contribution is -0.112. The lowest BCUT2D eigenvalue weighted by Gasteiger charge is -2.04. The first-order valence-corrected chi connectivity index (χ1v) is 3.81. The molecule has 4 nitrogen and oxygen atoms in total. The van der Waals surface area contributed by atoms with Crippen LogP contribution >= 0.6 is 0 Å².